The molecule has 5 atom stereocenters. The van der Waals surface area contributed by atoms with Gasteiger partial charge in [-0.05, 0) is 70.6 Å². The van der Waals surface area contributed by atoms with Crippen molar-refractivity contribution in [2.75, 3.05) is 6.54 Å². The highest BCUT2D eigenvalue weighted by Gasteiger charge is 2.38. The number of nitrogens with one attached hydrogen (secondary N) is 4. The number of aliphatic carboxylic acids is 1. The van der Waals surface area contributed by atoms with Crippen LogP contribution >= 0.6 is 25.3 Å². The van der Waals surface area contributed by atoms with Crippen LogP contribution in [0.3, 0.4) is 0 Å². The Morgan fingerprint density at radius 1 is 0.935 bits per heavy atom. The number of rotatable bonds is 15. The second-order valence-corrected chi connectivity index (χ2v) is 15.4. The molecule has 1 aliphatic carbocycles. The Balaban J connectivity index is 2.11. The van der Waals surface area contributed by atoms with E-state index < -0.39 is 75.2 Å². The predicted octanol–water partition coefficient (Wildman–Crippen LogP) is 1.82. The number of hydrogen-bond acceptors (Lipinski definition) is 9. The first-order valence-electron chi connectivity index (χ1n) is 14.9. The van der Waals surface area contributed by atoms with Gasteiger partial charge in [-0.25, -0.2) is 4.79 Å². The topological polar surface area (TPSA) is 200 Å². The van der Waals surface area contributed by atoms with Crippen LogP contribution in [0.4, 0.5) is 0 Å². The third-order valence-electron chi connectivity index (χ3n) is 7.94. The van der Waals surface area contributed by atoms with Crippen LogP contribution in [-0.4, -0.2) is 80.0 Å². The summed E-state index contributed by atoms with van der Waals surface area (Å²) < 4.78 is -2.17. The Kier molecular flexibility index (Phi) is 13.4. The SMILES string of the molecule is CC1=CC(O)=CCC1(C)C[C@H](N)C(=O)N[C@@H](C(=O)NCC(=O)N[C@@H](Cc1ccccc1)C(=O)N[C@@H](C(=O)O)C(C)(C)S)C(C)(C)S. The first kappa shape index (κ1) is 38.7. The smallest absolute Gasteiger partial charge is 0.327 e. The van der Waals surface area contributed by atoms with E-state index in [9.17, 15) is 34.2 Å². The van der Waals surface area contributed by atoms with Crippen LogP contribution in [0, 0.1) is 5.41 Å². The molecule has 0 saturated carbocycles. The number of carboxylic acid groups (broad SMARTS) is 1. The molecule has 2 rings (SSSR count). The molecule has 1 aliphatic rings. The fourth-order valence-corrected chi connectivity index (χ4v) is 5.29. The second-order valence-electron chi connectivity index (χ2n) is 13.1. The van der Waals surface area contributed by atoms with Gasteiger partial charge in [0.25, 0.3) is 0 Å². The monoisotopic (exact) mass is 677 g/mol. The summed E-state index contributed by atoms with van der Waals surface area (Å²) >= 11 is 8.78. The highest BCUT2D eigenvalue weighted by Crippen LogP contribution is 2.39. The van der Waals surface area contributed by atoms with E-state index in [4.69, 9.17) is 5.73 Å². The van der Waals surface area contributed by atoms with E-state index >= 15 is 0 Å². The lowest BCUT2D eigenvalue weighted by molar-refractivity contribution is -0.143. The number of amides is 4. The molecule has 0 spiro atoms. The molecule has 1 aromatic rings. The molecule has 0 fully saturated rings. The van der Waals surface area contributed by atoms with Gasteiger partial charge in [-0.1, -0.05) is 42.8 Å². The van der Waals surface area contributed by atoms with Crippen molar-refractivity contribution in [3.8, 4) is 0 Å². The van der Waals surface area contributed by atoms with Crippen molar-refractivity contribution in [3.05, 3.63) is 59.4 Å². The van der Waals surface area contributed by atoms with E-state index in [1.54, 1.807) is 56.3 Å². The van der Waals surface area contributed by atoms with Crippen LogP contribution in [0.1, 0.15) is 59.9 Å². The van der Waals surface area contributed by atoms with Gasteiger partial charge in [-0.3, -0.25) is 19.2 Å². The standard InChI is InChI=1S/C32H47N5O7S2/c1-18-14-20(38)12-13-32(18,6)16-21(33)26(40)36-24(30(2,3)45)28(42)34-17-23(39)35-22(15-19-10-8-7-9-11-19)27(41)37-25(29(43)44)31(4,5)46/h7-12,14,21-22,24-25,38,45-46H,13,15-17,33H2,1-6H3,(H,34,42)(H,35,39)(H,36,40)(H,37,41)(H,43,44)/t21-,22-,24-,25-,32?/m0/s1. The van der Waals surface area contributed by atoms with Gasteiger partial charge in [0.05, 0.1) is 12.6 Å². The van der Waals surface area contributed by atoms with E-state index in [0.29, 0.717) is 12.0 Å². The fourth-order valence-electron chi connectivity index (χ4n) is 4.94. The molecule has 254 valence electrons. The average molecular weight is 678 g/mol. The lowest BCUT2D eigenvalue weighted by Crippen LogP contribution is -2.60. The highest BCUT2D eigenvalue weighted by atomic mass is 32.1. The van der Waals surface area contributed by atoms with Crippen molar-refractivity contribution in [3.63, 3.8) is 0 Å². The number of aliphatic hydroxyl groups excluding tert-OH is 1. The molecule has 0 saturated heterocycles. The predicted molar refractivity (Wildman–Crippen MR) is 182 cm³/mol. The number of thiol groups is 2. The summed E-state index contributed by atoms with van der Waals surface area (Å²) in [7, 11) is 0. The van der Waals surface area contributed by atoms with Crippen molar-refractivity contribution < 1.29 is 34.2 Å². The first-order chi connectivity index (χ1) is 21.1. The van der Waals surface area contributed by atoms with Crippen molar-refractivity contribution in [2.24, 2.45) is 11.1 Å². The number of nitrogens with two attached hydrogens (primary N) is 1. The average Bonchev–Trinajstić information content (AvgIpc) is 2.94. The quantitative estimate of drug-likeness (QED) is 0.125. The van der Waals surface area contributed by atoms with Crippen molar-refractivity contribution >= 4 is 54.9 Å². The Morgan fingerprint density at radius 2 is 1.50 bits per heavy atom. The normalized spacial score (nSPS) is 19.3. The molecular weight excluding hydrogens is 631 g/mol. The van der Waals surface area contributed by atoms with E-state index in [0.717, 1.165) is 5.57 Å². The zero-order chi connectivity index (χ0) is 35.0. The molecule has 0 bridgehead atoms. The summed E-state index contributed by atoms with van der Waals surface area (Å²) in [4.78, 5) is 64.4. The molecule has 0 heterocycles. The van der Waals surface area contributed by atoms with Crippen LogP contribution in [-0.2, 0) is 30.4 Å². The van der Waals surface area contributed by atoms with E-state index in [1.807, 2.05) is 13.8 Å². The summed E-state index contributed by atoms with van der Waals surface area (Å²) in [6.45, 7) is 9.57. The highest BCUT2D eigenvalue weighted by molar-refractivity contribution is 7.82. The van der Waals surface area contributed by atoms with E-state index in [1.165, 1.54) is 13.8 Å². The maximum atomic E-state index is 13.2. The molecule has 14 heteroatoms. The lowest BCUT2D eigenvalue weighted by atomic mass is 9.72. The fraction of sp³-hybridized carbons (Fsp3) is 0.531. The number of carbonyl (C=O) groups excluding carboxylic acids is 4. The number of benzene rings is 1. The van der Waals surface area contributed by atoms with Gasteiger partial charge in [0, 0.05) is 15.9 Å². The second kappa shape index (κ2) is 15.9. The summed E-state index contributed by atoms with van der Waals surface area (Å²) in [5, 5.41) is 29.6. The van der Waals surface area contributed by atoms with Gasteiger partial charge in [0.2, 0.25) is 23.6 Å². The van der Waals surface area contributed by atoms with Crippen molar-refractivity contribution in [2.45, 2.75) is 94.5 Å². The minimum absolute atomic E-state index is 0.0505. The molecule has 0 aromatic heterocycles. The Hall–Kier alpha value is -3.49. The third-order valence-corrected chi connectivity index (χ3v) is 8.45. The van der Waals surface area contributed by atoms with Crippen LogP contribution in [0.15, 0.2) is 53.8 Å². The van der Waals surface area contributed by atoms with Crippen molar-refractivity contribution in [1.82, 2.24) is 21.3 Å². The van der Waals surface area contributed by atoms with Crippen LogP contribution in [0.2, 0.25) is 0 Å². The molecule has 4 amide bonds. The van der Waals surface area contributed by atoms with Gasteiger partial charge in [-0.15, -0.1) is 0 Å². The number of aliphatic hydroxyl groups is 1. The van der Waals surface area contributed by atoms with Gasteiger partial charge in [-0.2, -0.15) is 25.3 Å². The number of carboxylic acids is 1. The molecule has 0 radical (unpaired) electrons. The summed E-state index contributed by atoms with van der Waals surface area (Å²) in [5.41, 5.74) is 7.36. The zero-order valence-electron chi connectivity index (χ0n) is 27.1. The lowest BCUT2D eigenvalue weighted by Gasteiger charge is -2.35. The molecule has 8 N–H and O–H groups in total. The summed E-state index contributed by atoms with van der Waals surface area (Å²) in [6.07, 6.45) is 4.09. The van der Waals surface area contributed by atoms with Gasteiger partial charge in [0.1, 0.15) is 23.9 Å². The number of allylic oxidation sites excluding steroid dienone is 3. The van der Waals surface area contributed by atoms with Crippen molar-refractivity contribution in [1.29, 1.82) is 0 Å². The van der Waals surface area contributed by atoms with Gasteiger partial charge >= 0.3 is 5.97 Å². The maximum Gasteiger partial charge on any atom is 0.327 e. The minimum atomic E-state index is -1.35. The van der Waals surface area contributed by atoms with E-state index in [-0.39, 0.29) is 18.6 Å². The Bertz CT molecular complexity index is 1350. The largest absolute Gasteiger partial charge is 0.508 e. The third kappa shape index (κ3) is 11.4. The van der Waals surface area contributed by atoms with Crippen LogP contribution < -0.4 is 27.0 Å². The number of hydrogen-bond donors (Lipinski definition) is 9. The zero-order valence-corrected chi connectivity index (χ0v) is 28.9. The summed E-state index contributed by atoms with van der Waals surface area (Å²) in [5.74, 6) is -3.87. The Labute approximate surface area is 281 Å². The molecule has 46 heavy (non-hydrogen) atoms. The molecule has 1 unspecified atom stereocenters. The summed E-state index contributed by atoms with van der Waals surface area (Å²) in [6, 6.07) is 4.14. The van der Waals surface area contributed by atoms with Gasteiger partial charge in [0.15, 0.2) is 0 Å². The van der Waals surface area contributed by atoms with Crippen LogP contribution in [0.5, 0.6) is 0 Å². The molecule has 12 nitrogen and oxygen atoms in total. The first-order valence-corrected chi connectivity index (χ1v) is 15.8. The maximum absolute atomic E-state index is 13.2. The molecule has 1 aromatic carbocycles. The molecular formula is C32H47N5O7S2. The van der Waals surface area contributed by atoms with E-state index in [2.05, 4.69) is 46.5 Å². The minimum Gasteiger partial charge on any atom is -0.508 e. The Morgan fingerprint density at radius 3 is 2.02 bits per heavy atom. The number of carbonyl (C=O) groups is 5. The van der Waals surface area contributed by atoms with Crippen LogP contribution in [0.25, 0.3) is 0 Å². The molecule has 0 aliphatic heterocycles. The van der Waals surface area contributed by atoms with Gasteiger partial charge < -0.3 is 37.2 Å².